The van der Waals surface area contributed by atoms with Crippen molar-refractivity contribution in [3.05, 3.63) is 35.6 Å². The Kier molecular flexibility index (Phi) is 4.28. The Labute approximate surface area is 105 Å². The normalized spacial score (nSPS) is 20.7. The fourth-order valence-corrected chi connectivity index (χ4v) is 1.91. The molecule has 1 heterocycles. The predicted molar refractivity (Wildman–Crippen MR) is 63.3 cm³/mol. The third-order valence-electron chi connectivity index (χ3n) is 2.96. The van der Waals surface area contributed by atoms with Crippen LogP contribution in [0.15, 0.2) is 24.3 Å². The van der Waals surface area contributed by atoms with Crippen LogP contribution in [0.5, 0.6) is 0 Å². The van der Waals surface area contributed by atoms with E-state index in [1.165, 1.54) is 24.3 Å². The monoisotopic (exact) mass is 253 g/mol. The standard InChI is InChI=1S/C13H16FNO3/c14-10-5-3-9(4-6-10)12(16)13(17)15-8-11-2-1-7-18-11/h3-6,11-12,16H,1-2,7-8H2,(H,15,17). The lowest BCUT2D eigenvalue weighted by molar-refractivity contribution is -0.130. The molecule has 0 radical (unpaired) electrons. The van der Waals surface area contributed by atoms with Gasteiger partial charge in [-0.1, -0.05) is 12.1 Å². The Hall–Kier alpha value is -1.46. The molecule has 0 spiro atoms. The zero-order chi connectivity index (χ0) is 13.0. The van der Waals surface area contributed by atoms with Crippen molar-refractivity contribution in [1.29, 1.82) is 0 Å². The second-order valence-corrected chi connectivity index (χ2v) is 4.33. The molecule has 5 heteroatoms. The summed E-state index contributed by atoms with van der Waals surface area (Å²) < 4.78 is 18.1. The molecule has 1 aromatic carbocycles. The maximum Gasteiger partial charge on any atom is 0.253 e. The minimum absolute atomic E-state index is 0.0365. The van der Waals surface area contributed by atoms with Gasteiger partial charge in [-0.05, 0) is 30.5 Å². The van der Waals surface area contributed by atoms with E-state index in [-0.39, 0.29) is 6.10 Å². The molecule has 2 unspecified atom stereocenters. The second-order valence-electron chi connectivity index (χ2n) is 4.33. The number of aliphatic hydroxyl groups excluding tert-OH is 1. The van der Waals surface area contributed by atoms with Crippen LogP contribution in [0, 0.1) is 5.82 Å². The van der Waals surface area contributed by atoms with Crippen molar-refractivity contribution in [2.24, 2.45) is 0 Å². The van der Waals surface area contributed by atoms with E-state index in [0.29, 0.717) is 12.1 Å². The molecule has 1 aliphatic rings. The lowest BCUT2D eigenvalue weighted by Crippen LogP contribution is -2.35. The third kappa shape index (κ3) is 3.27. The molecule has 2 N–H and O–H groups in total. The van der Waals surface area contributed by atoms with Crippen LogP contribution in [-0.2, 0) is 9.53 Å². The number of aliphatic hydroxyl groups is 1. The topological polar surface area (TPSA) is 58.6 Å². The summed E-state index contributed by atoms with van der Waals surface area (Å²) in [5, 5.41) is 12.4. The summed E-state index contributed by atoms with van der Waals surface area (Å²) >= 11 is 0. The van der Waals surface area contributed by atoms with Crippen molar-refractivity contribution in [2.45, 2.75) is 25.0 Å². The van der Waals surface area contributed by atoms with E-state index in [2.05, 4.69) is 5.32 Å². The summed E-state index contributed by atoms with van der Waals surface area (Å²) in [6.07, 6.45) is 0.690. The summed E-state index contributed by atoms with van der Waals surface area (Å²) in [5.74, 6) is -0.886. The smallest absolute Gasteiger partial charge is 0.253 e. The molecule has 0 saturated carbocycles. The van der Waals surface area contributed by atoms with Crippen molar-refractivity contribution >= 4 is 5.91 Å². The van der Waals surface area contributed by atoms with Crippen LogP contribution in [0.3, 0.4) is 0 Å². The maximum atomic E-state index is 12.7. The zero-order valence-corrected chi connectivity index (χ0v) is 9.93. The molecule has 1 saturated heterocycles. The van der Waals surface area contributed by atoms with Gasteiger partial charge in [-0.15, -0.1) is 0 Å². The number of rotatable bonds is 4. The quantitative estimate of drug-likeness (QED) is 0.846. The summed E-state index contributed by atoms with van der Waals surface area (Å²) in [6, 6.07) is 5.22. The first kappa shape index (κ1) is 13.0. The highest BCUT2D eigenvalue weighted by Crippen LogP contribution is 2.14. The van der Waals surface area contributed by atoms with Crippen LogP contribution in [0.1, 0.15) is 24.5 Å². The van der Waals surface area contributed by atoms with Crippen LogP contribution >= 0.6 is 0 Å². The second kappa shape index (κ2) is 5.93. The van der Waals surface area contributed by atoms with Gasteiger partial charge >= 0.3 is 0 Å². The molecule has 1 aromatic rings. The van der Waals surface area contributed by atoms with Crippen molar-refractivity contribution in [3.63, 3.8) is 0 Å². The van der Waals surface area contributed by atoms with Crippen LogP contribution in [0.4, 0.5) is 4.39 Å². The highest BCUT2D eigenvalue weighted by atomic mass is 19.1. The molecule has 2 rings (SSSR count). The van der Waals surface area contributed by atoms with Crippen molar-refractivity contribution in [3.8, 4) is 0 Å². The number of halogens is 1. The molecule has 2 atom stereocenters. The number of carbonyl (C=O) groups is 1. The molecule has 0 aromatic heterocycles. The van der Waals surface area contributed by atoms with Crippen molar-refractivity contribution in [1.82, 2.24) is 5.32 Å². The van der Waals surface area contributed by atoms with E-state index in [4.69, 9.17) is 4.74 Å². The van der Waals surface area contributed by atoms with E-state index >= 15 is 0 Å². The minimum atomic E-state index is -1.27. The number of carbonyl (C=O) groups excluding carboxylic acids is 1. The van der Waals surface area contributed by atoms with Crippen molar-refractivity contribution in [2.75, 3.05) is 13.2 Å². The van der Waals surface area contributed by atoms with Crippen molar-refractivity contribution < 1.29 is 19.0 Å². The molecule has 4 nitrogen and oxygen atoms in total. The lowest BCUT2D eigenvalue weighted by Gasteiger charge is -2.14. The molecule has 1 fully saturated rings. The Morgan fingerprint density at radius 3 is 2.83 bits per heavy atom. The summed E-state index contributed by atoms with van der Waals surface area (Å²) in [5.41, 5.74) is 0.376. The lowest BCUT2D eigenvalue weighted by atomic mass is 10.1. The van der Waals surface area contributed by atoms with Gasteiger partial charge in [-0.25, -0.2) is 4.39 Å². The number of amides is 1. The summed E-state index contributed by atoms with van der Waals surface area (Å²) in [4.78, 5) is 11.7. The van der Waals surface area contributed by atoms with Gasteiger partial charge in [0.05, 0.1) is 6.10 Å². The average Bonchev–Trinajstić information content (AvgIpc) is 2.89. The highest BCUT2D eigenvalue weighted by molar-refractivity contribution is 5.81. The van der Waals surface area contributed by atoms with E-state index in [1.807, 2.05) is 0 Å². The van der Waals surface area contributed by atoms with Crippen LogP contribution in [-0.4, -0.2) is 30.3 Å². The molecule has 1 aliphatic heterocycles. The summed E-state index contributed by atoms with van der Waals surface area (Å²) in [6.45, 7) is 1.12. The van der Waals surface area contributed by atoms with Gasteiger partial charge in [-0.3, -0.25) is 4.79 Å². The SMILES string of the molecule is O=C(NCC1CCCO1)C(O)c1ccc(F)cc1. The van der Waals surface area contributed by atoms with E-state index in [1.54, 1.807) is 0 Å². The minimum Gasteiger partial charge on any atom is -0.378 e. The average molecular weight is 253 g/mol. The molecular formula is C13H16FNO3. The number of benzene rings is 1. The Bertz CT molecular complexity index is 401. The number of ether oxygens (including phenoxy) is 1. The fraction of sp³-hybridized carbons (Fsp3) is 0.462. The van der Waals surface area contributed by atoms with E-state index < -0.39 is 17.8 Å². The third-order valence-corrected chi connectivity index (χ3v) is 2.96. The first-order valence-corrected chi connectivity index (χ1v) is 5.99. The summed E-state index contributed by atoms with van der Waals surface area (Å²) in [7, 11) is 0. The molecule has 0 bridgehead atoms. The predicted octanol–water partition coefficient (Wildman–Crippen LogP) is 1.15. The maximum absolute atomic E-state index is 12.7. The Morgan fingerprint density at radius 1 is 1.50 bits per heavy atom. The Balaban J connectivity index is 1.85. The molecule has 1 amide bonds. The van der Waals surface area contributed by atoms with Gasteiger partial charge in [0, 0.05) is 13.2 Å². The number of nitrogens with one attached hydrogen (secondary N) is 1. The Morgan fingerprint density at radius 2 is 2.22 bits per heavy atom. The van der Waals surface area contributed by atoms with Gasteiger partial charge in [0.25, 0.3) is 5.91 Å². The number of hydrogen-bond acceptors (Lipinski definition) is 3. The first-order valence-electron chi connectivity index (χ1n) is 5.99. The molecular weight excluding hydrogens is 237 g/mol. The van der Waals surface area contributed by atoms with Gasteiger partial charge in [0.15, 0.2) is 6.10 Å². The van der Waals surface area contributed by atoms with Crippen LogP contribution < -0.4 is 5.32 Å². The van der Waals surface area contributed by atoms with E-state index in [9.17, 15) is 14.3 Å². The van der Waals surface area contributed by atoms with Crippen LogP contribution in [0.2, 0.25) is 0 Å². The van der Waals surface area contributed by atoms with Gasteiger partial charge in [-0.2, -0.15) is 0 Å². The van der Waals surface area contributed by atoms with Gasteiger partial charge in [0.2, 0.25) is 0 Å². The van der Waals surface area contributed by atoms with Crippen LogP contribution in [0.25, 0.3) is 0 Å². The zero-order valence-electron chi connectivity index (χ0n) is 9.93. The molecule has 18 heavy (non-hydrogen) atoms. The molecule has 0 aliphatic carbocycles. The number of hydrogen-bond donors (Lipinski definition) is 2. The van der Waals surface area contributed by atoms with Gasteiger partial charge in [0.1, 0.15) is 5.82 Å². The highest BCUT2D eigenvalue weighted by Gasteiger charge is 2.20. The fourth-order valence-electron chi connectivity index (χ4n) is 1.91. The molecule has 98 valence electrons. The van der Waals surface area contributed by atoms with E-state index in [0.717, 1.165) is 19.4 Å². The first-order chi connectivity index (χ1) is 8.66. The largest absolute Gasteiger partial charge is 0.378 e. The van der Waals surface area contributed by atoms with Gasteiger partial charge < -0.3 is 15.2 Å².